The molecule has 0 aliphatic heterocycles. The summed E-state index contributed by atoms with van der Waals surface area (Å²) in [6, 6.07) is 0.584. The van der Waals surface area contributed by atoms with E-state index in [1.54, 1.807) is 0 Å². The molecule has 0 aromatic carbocycles. The van der Waals surface area contributed by atoms with Gasteiger partial charge < -0.3 is 10.2 Å². The summed E-state index contributed by atoms with van der Waals surface area (Å²) in [7, 11) is 1.91. The first-order valence-corrected chi connectivity index (χ1v) is 6.60. The Balaban J connectivity index is 2.17. The summed E-state index contributed by atoms with van der Waals surface area (Å²) in [5.41, 5.74) is 0. The van der Waals surface area contributed by atoms with E-state index in [4.69, 9.17) is 0 Å². The molecule has 16 heavy (non-hydrogen) atoms. The van der Waals surface area contributed by atoms with E-state index in [-0.39, 0.29) is 5.91 Å². The highest BCUT2D eigenvalue weighted by Crippen LogP contribution is 2.17. The normalized spacial score (nSPS) is 18.7. The van der Waals surface area contributed by atoms with Gasteiger partial charge in [-0.3, -0.25) is 4.79 Å². The van der Waals surface area contributed by atoms with Gasteiger partial charge in [0.15, 0.2) is 0 Å². The second-order valence-electron chi connectivity index (χ2n) is 5.15. The number of carbonyl (C=O) groups is 1. The van der Waals surface area contributed by atoms with Crippen molar-refractivity contribution >= 4 is 5.91 Å². The molecule has 0 aromatic rings. The number of hydrogen-bond acceptors (Lipinski definition) is 2. The number of nitrogens with zero attached hydrogens (tertiary/aromatic N) is 1. The fraction of sp³-hybridized carbons (Fsp3) is 0.923. The smallest absolute Gasteiger partial charge is 0.236 e. The highest BCUT2D eigenvalue weighted by atomic mass is 16.2. The third kappa shape index (κ3) is 4.52. The second-order valence-corrected chi connectivity index (χ2v) is 5.15. The molecule has 1 aliphatic carbocycles. The monoisotopic (exact) mass is 226 g/mol. The Morgan fingerprint density at radius 1 is 1.44 bits per heavy atom. The summed E-state index contributed by atoms with van der Waals surface area (Å²) in [5, 5.41) is 3.36. The minimum atomic E-state index is 0.229. The summed E-state index contributed by atoms with van der Waals surface area (Å²) in [6.45, 7) is 5.74. The van der Waals surface area contributed by atoms with E-state index in [1.807, 2.05) is 11.9 Å². The molecule has 0 radical (unpaired) electrons. The van der Waals surface area contributed by atoms with Crippen molar-refractivity contribution in [2.24, 2.45) is 5.92 Å². The van der Waals surface area contributed by atoms with Crippen molar-refractivity contribution in [2.45, 2.75) is 52.0 Å². The Bertz CT molecular complexity index is 212. The van der Waals surface area contributed by atoms with Crippen LogP contribution in [0.5, 0.6) is 0 Å². The predicted molar refractivity (Wildman–Crippen MR) is 67.4 cm³/mol. The first kappa shape index (κ1) is 13.5. The molecule has 1 atom stereocenters. The number of hydrogen-bond donors (Lipinski definition) is 1. The van der Waals surface area contributed by atoms with Crippen molar-refractivity contribution in [3.63, 3.8) is 0 Å². The zero-order valence-electron chi connectivity index (χ0n) is 11.0. The number of rotatable bonds is 6. The molecule has 1 rings (SSSR count). The number of nitrogens with one attached hydrogen (secondary N) is 1. The second kappa shape index (κ2) is 6.89. The van der Waals surface area contributed by atoms with E-state index in [0.717, 1.165) is 13.0 Å². The minimum Gasteiger partial charge on any atom is -0.344 e. The Kier molecular flexibility index (Phi) is 5.81. The van der Waals surface area contributed by atoms with Crippen LogP contribution in [0.15, 0.2) is 0 Å². The molecule has 0 bridgehead atoms. The van der Waals surface area contributed by atoms with Crippen LogP contribution in [-0.2, 0) is 4.79 Å². The van der Waals surface area contributed by atoms with E-state index in [2.05, 4.69) is 19.2 Å². The Morgan fingerprint density at radius 3 is 2.62 bits per heavy atom. The zero-order valence-corrected chi connectivity index (χ0v) is 11.0. The molecule has 3 heteroatoms. The third-order valence-electron chi connectivity index (χ3n) is 3.61. The predicted octanol–water partition coefficient (Wildman–Crippen LogP) is 2.02. The first-order valence-electron chi connectivity index (χ1n) is 6.60. The van der Waals surface area contributed by atoms with Gasteiger partial charge in [0.2, 0.25) is 5.91 Å². The quantitative estimate of drug-likeness (QED) is 0.751. The van der Waals surface area contributed by atoms with E-state index in [0.29, 0.717) is 18.5 Å². The summed E-state index contributed by atoms with van der Waals surface area (Å²) >= 11 is 0. The zero-order chi connectivity index (χ0) is 12.0. The summed E-state index contributed by atoms with van der Waals surface area (Å²) in [6.07, 6.45) is 6.24. The van der Waals surface area contributed by atoms with E-state index in [9.17, 15) is 4.79 Å². The van der Waals surface area contributed by atoms with Crippen LogP contribution in [-0.4, -0.2) is 37.0 Å². The van der Waals surface area contributed by atoms with Crippen LogP contribution in [0.1, 0.15) is 46.0 Å². The lowest BCUT2D eigenvalue weighted by atomic mass is 10.1. The van der Waals surface area contributed by atoms with Gasteiger partial charge in [0, 0.05) is 19.6 Å². The van der Waals surface area contributed by atoms with Gasteiger partial charge in [-0.15, -0.1) is 0 Å². The van der Waals surface area contributed by atoms with Gasteiger partial charge in [-0.25, -0.2) is 0 Å². The molecule has 0 saturated heterocycles. The maximum atomic E-state index is 11.8. The molecule has 1 aliphatic rings. The Hall–Kier alpha value is -0.570. The molecule has 0 heterocycles. The Morgan fingerprint density at radius 2 is 2.06 bits per heavy atom. The highest BCUT2D eigenvalue weighted by Gasteiger charge is 2.17. The van der Waals surface area contributed by atoms with Crippen LogP contribution in [0.4, 0.5) is 0 Å². The molecule has 1 amide bonds. The van der Waals surface area contributed by atoms with Crippen molar-refractivity contribution in [1.82, 2.24) is 10.2 Å². The molecule has 1 saturated carbocycles. The summed E-state index contributed by atoms with van der Waals surface area (Å²) in [5.74, 6) is 0.827. The van der Waals surface area contributed by atoms with Gasteiger partial charge in [0.05, 0.1) is 6.54 Å². The average Bonchev–Trinajstić information content (AvgIpc) is 2.78. The summed E-state index contributed by atoms with van der Waals surface area (Å²) < 4.78 is 0. The first-order chi connectivity index (χ1) is 7.63. The topological polar surface area (TPSA) is 32.3 Å². The van der Waals surface area contributed by atoms with Crippen LogP contribution in [0.3, 0.4) is 0 Å². The van der Waals surface area contributed by atoms with Gasteiger partial charge in [-0.2, -0.15) is 0 Å². The van der Waals surface area contributed by atoms with E-state index in [1.165, 1.54) is 25.7 Å². The van der Waals surface area contributed by atoms with Gasteiger partial charge in [0.1, 0.15) is 0 Å². The molecule has 1 unspecified atom stereocenters. The molecule has 1 fully saturated rings. The van der Waals surface area contributed by atoms with Crippen molar-refractivity contribution in [2.75, 3.05) is 20.1 Å². The van der Waals surface area contributed by atoms with Crippen LogP contribution in [0.25, 0.3) is 0 Å². The minimum absolute atomic E-state index is 0.229. The van der Waals surface area contributed by atoms with Gasteiger partial charge in [-0.1, -0.05) is 33.1 Å². The maximum Gasteiger partial charge on any atom is 0.236 e. The SMILES string of the molecule is CCC(C)CN(C)C(=O)CNC1CCCC1. The van der Waals surface area contributed by atoms with Crippen molar-refractivity contribution in [1.29, 1.82) is 0 Å². The highest BCUT2D eigenvalue weighted by molar-refractivity contribution is 5.78. The standard InChI is InChI=1S/C13H26N2O/c1-4-11(2)10-15(3)13(16)9-14-12-7-5-6-8-12/h11-12,14H,4-10H2,1-3H3. The van der Waals surface area contributed by atoms with Crippen molar-refractivity contribution in [3.8, 4) is 0 Å². The molecule has 1 N–H and O–H groups in total. The largest absolute Gasteiger partial charge is 0.344 e. The number of amides is 1. The molecular weight excluding hydrogens is 200 g/mol. The van der Waals surface area contributed by atoms with Gasteiger partial charge in [0.25, 0.3) is 0 Å². The van der Waals surface area contributed by atoms with Crippen LogP contribution >= 0.6 is 0 Å². The van der Waals surface area contributed by atoms with Crippen LogP contribution < -0.4 is 5.32 Å². The third-order valence-corrected chi connectivity index (χ3v) is 3.61. The van der Waals surface area contributed by atoms with Crippen molar-refractivity contribution < 1.29 is 4.79 Å². The Labute approximate surface area is 99.6 Å². The fourth-order valence-electron chi connectivity index (χ4n) is 2.19. The lowest BCUT2D eigenvalue weighted by molar-refractivity contribution is -0.129. The molecular formula is C13H26N2O. The van der Waals surface area contributed by atoms with Crippen molar-refractivity contribution in [3.05, 3.63) is 0 Å². The van der Waals surface area contributed by atoms with Gasteiger partial charge in [-0.05, 0) is 18.8 Å². The number of carbonyl (C=O) groups excluding carboxylic acids is 1. The van der Waals surface area contributed by atoms with E-state index < -0.39 is 0 Å². The van der Waals surface area contributed by atoms with Crippen LogP contribution in [0.2, 0.25) is 0 Å². The summed E-state index contributed by atoms with van der Waals surface area (Å²) in [4.78, 5) is 13.7. The fourth-order valence-corrected chi connectivity index (χ4v) is 2.19. The lowest BCUT2D eigenvalue weighted by Crippen LogP contribution is -2.40. The molecule has 0 aromatic heterocycles. The number of likely N-dealkylation sites (N-methyl/N-ethyl adjacent to an activating group) is 1. The van der Waals surface area contributed by atoms with Gasteiger partial charge >= 0.3 is 0 Å². The lowest BCUT2D eigenvalue weighted by Gasteiger charge is -2.22. The van der Waals surface area contributed by atoms with E-state index >= 15 is 0 Å². The molecule has 94 valence electrons. The van der Waals surface area contributed by atoms with Crippen LogP contribution in [0, 0.1) is 5.92 Å². The molecule has 3 nitrogen and oxygen atoms in total. The maximum absolute atomic E-state index is 11.8. The average molecular weight is 226 g/mol. The molecule has 0 spiro atoms.